The summed E-state index contributed by atoms with van der Waals surface area (Å²) in [6.07, 6.45) is 0. The standard InChI is InChI=1S/C14H7Cl3FNO/c15-10-4-12(16)14(13(17)5-10)20-7-9-3-11(18)2-1-8(9)6-19/h1-5H,7H2. The van der Waals surface area contributed by atoms with E-state index >= 15 is 0 Å². The van der Waals surface area contributed by atoms with Crippen LogP contribution in [0.3, 0.4) is 0 Å². The Balaban J connectivity index is 2.26. The van der Waals surface area contributed by atoms with Gasteiger partial charge in [0.05, 0.1) is 21.7 Å². The van der Waals surface area contributed by atoms with Crippen molar-refractivity contribution in [3.05, 3.63) is 62.3 Å². The molecule has 0 amide bonds. The highest BCUT2D eigenvalue weighted by Gasteiger charge is 2.11. The van der Waals surface area contributed by atoms with Crippen molar-refractivity contribution in [2.75, 3.05) is 0 Å². The van der Waals surface area contributed by atoms with E-state index in [1.165, 1.54) is 30.3 Å². The summed E-state index contributed by atoms with van der Waals surface area (Å²) in [4.78, 5) is 0. The maximum Gasteiger partial charge on any atom is 0.157 e. The lowest BCUT2D eigenvalue weighted by Crippen LogP contribution is -2.00. The summed E-state index contributed by atoms with van der Waals surface area (Å²) >= 11 is 17.7. The summed E-state index contributed by atoms with van der Waals surface area (Å²) in [5.41, 5.74) is 0.738. The molecule has 2 aromatic rings. The molecular formula is C14H7Cl3FNO. The van der Waals surface area contributed by atoms with Crippen LogP contribution in [0.25, 0.3) is 0 Å². The van der Waals surface area contributed by atoms with E-state index in [4.69, 9.17) is 44.8 Å². The Labute approximate surface area is 130 Å². The van der Waals surface area contributed by atoms with E-state index in [1.54, 1.807) is 0 Å². The summed E-state index contributed by atoms with van der Waals surface area (Å²) in [5.74, 6) is -0.207. The Bertz CT molecular complexity index is 674. The zero-order valence-electron chi connectivity index (χ0n) is 9.96. The van der Waals surface area contributed by atoms with E-state index in [-0.39, 0.29) is 22.4 Å². The van der Waals surface area contributed by atoms with Gasteiger partial charge >= 0.3 is 0 Å². The molecule has 0 heterocycles. The average Bonchev–Trinajstić information content (AvgIpc) is 2.37. The predicted molar refractivity (Wildman–Crippen MR) is 76.9 cm³/mol. The highest BCUT2D eigenvalue weighted by molar-refractivity contribution is 6.40. The third-order valence-corrected chi connectivity index (χ3v) is 3.30. The van der Waals surface area contributed by atoms with Gasteiger partial charge in [-0.1, -0.05) is 34.8 Å². The molecule has 0 atom stereocenters. The van der Waals surface area contributed by atoms with Gasteiger partial charge in [-0.05, 0) is 30.3 Å². The Morgan fingerprint density at radius 2 is 1.75 bits per heavy atom. The van der Waals surface area contributed by atoms with Gasteiger partial charge in [0.2, 0.25) is 0 Å². The molecule has 102 valence electrons. The van der Waals surface area contributed by atoms with E-state index in [9.17, 15) is 4.39 Å². The minimum atomic E-state index is -0.448. The van der Waals surface area contributed by atoms with Crippen LogP contribution in [0.5, 0.6) is 5.75 Å². The molecule has 2 aromatic carbocycles. The maximum absolute atomic E-state index is 13.2. The van der Waals surface area contributed by atoms with Gasteiger partial charge in [0.25, 0.3) is 0 Å². The lowest BCUT2D eigenvalue weighted by atomic mass is 10.1. The quantitative estimate of drug-likeness (QED) is 0.771. The van der Waals surface area contributed by atoms with Gasteiger partial charge in [-0.3, -0.25) is 0 Å². The molecule has 0 unspecified atom stereocenters. The van der Waals surface area contributed by atoms with E-state index in [2.05, 4.69) is 0 Å². The third-order valence-electron chi connectivity index (χ3n) is 2.52. The van der Waals surface area contributed by atoms with Crippen LogP contribution in [0.2, 0.25) is 15.1 Å². The molecule has 0 saturated heterocycles. The number of halogens is 4. The second kappa shape index (κ2) is 6.32. The fourth-order valence-electron chi connectivity index (χ4n) is 1.61. The number of nitriles is 1. The molecule has 0 aliphatic carbocycles. The zero-order valence-corrected chi connectivity index (χ0v) is 12.2. The number of benzene rings is 2. The number of hydrogen-bond donors (Lipinski definition) is 0. The van der Waals surface area contributed by atoms with E-state index in [1.807, 2.05) is 6.07 Å². The van der Waals surface area contributed by atoms with Crippen molar-refractivity contribution >= 4 is 34.8 Å². The van der Waals surface area contributed by atoms with Gasteiger partial charge in [0.1, 0.15) is 12.4 Å². The van der Waals surface area contributed by atoms with Crippen molar-refractivity contribution in [2.24, 2.45) is 0 Å². The monoisotopic (exact) mass is 329 g/mol. The molecule has 0 fully saturated rings. The molecule has 0 N–H and O–H groups in total. The van der Waals surface area contributed by atoms with Crippen LogP contribution in [0, 0.1) is 17.1 Å². The van der Waals surface area contributed by atoms with Crippen molar-refractivity contribution < 1.29 is 9.13 Å². The SMILES string of the molecule is N#Cc1ccc(F)cc1COc1c(Cl)cc(Cl)cc1Cl. The van der Waals surface area contributed by atoms with E-state index in [0.717, 1.165) is 0 Å². The molecular weight excluding hydrogens is 324 g/mol. The smallest absolute Gasteiger partial charge is 0.157 e. The first kappa shape index (κ1) is 14.9. The molecule has 6 heteroatoms. The normalized spacial score (nSPS) is 10.2. The van der Waals surface area contributed by atoms with Gasteiger partial charge in [-0.2, -0.15) is 5.26 Å². The lowest BCUT2D eigenvalue weighted by molar-refractivity contribution is 0.305. The molecule has 0 aromatic heterocycles. The summed E-state index contributed by atoms with van der Waals surface area (Å²) in [7, 11) is 0. The van der Waals surface area contributed by atoms with Crippen LogP contribution in [0.1, 0.15) is 11.1 Å². The summed E-state index contributed by atoms with van der Waals surface area (Å²) in [5, 5.41) is 9.83. The van der Waals surface area contributed by atoms with Crippen molar-refractivity contribution in [3.8, 4) is 11.8 Å². The van der Waals surface area contributed by atoms with Gasteiger partial charge < -0.3 is 4.74 Å². The largest absolute Gasteiger partial charge is 0.486 e. The fourth-order valence-corrected chi connectivity index (χ4v) is 2.53. The first-order chi connectivity index (χ1) is 9.51. The molecule has 0 aliphatic rings. The second-order valence-electron chi connectivity index (χ2n) is 3.90. The number of hydrogen-bond acceptors (Lipinski definition) is 2. The van der Waals surface area contributed by atoms with Crippen LogP contribution in [-0.4, -0.2) is 0 Å². The van der Waals surface area contributed by atoms with E-state index in [0.29, 0.717) is 16.1 Å². The van der Waals surface area contributed by atoms with Crippen LogP contribution in [0.15, 0.2) is 30.3 Å². The summed E-state index contributed by atoms with van der Waals surface area (Å²) in [6, 6.07) is 8.77. The lowest BCUT2D eigenvalue weighted by Gasteiger charge is -2.11. The third kappa shape index (κ3) is 3.34. The summed E-state index contributed by atoms with van der Waals surface area (Å²) < 4.78 is 18.7. The minimum absolute atomic E-state index is 0.0261. The molecule has 0 aliphatic heterocycles. The molecule has 0 bridgehead atoms. The first-order valence-electron chi connectivity index (χ1n) is 5.47. The highest BCUT2D eigenvalue weighted by atomic mass is 35.5. The zero-order chi connectivity index (χ0) is 14.7. The first-order valence-corrected chi connectivity index (χ1v) is 6.60. The predicted octanol–water partition coefficient (Wildman–Crippen LogP) is 5.24. The molecule has 2 nitrogen and oxygen atoms in total. The molecule has 0 radical (unpaired) electrons. The second-order valence-corrected chi connectivity index (χ2v) is 5.15. The highest BCUT2D eigenvalue weighted by Crippen LogP contribution is 2.36. The van der Waals surface area contributed by atoms with Crippen molar-refractivity contribution in [1.29, 1.82) is 5.26 Å². The van der Waals surface area contributed by atoms with Crippen LogP contribution >= 0.6 is 34.8 Å². The number of ether oxygens (including phenoxy) is 1. The van der Waals surface area contributed by atoms with Gasteiger partial charge in [0, 0.05) is 10.6 Å². The molecule has 20 heavy (non-hydrogen) atoms. The van der Waals surface area contributed by atoms with Crippen molar-refractivity contribution in [3.63, 3.8) is 0 Å². The van der Waals surface area contributed by atoms with Crippen LogP contribution in [0.4, 0.5) is 4.39 Å². The summed E-state index contributed by atoms with van der Waals surface area (Å²) in [6.45, 7) is -0.0261. The van der Waals surface area contributed by atoms with Crippen LogP contribution in [-0.2, 0) is 6.61 Å². The average molecular weight is 331 g/mol. The number of nitrogens with zero attached hydrogens (tertiary/aromatic N) is 1. The molecule has 0 saturated carbocycles. The maximum atomic E-state index is 13.2. The van der Waals surface area contributed by atoms with Gasteiger partial charge in [-0.15, -0.1) is 0 Å². The molecule has 2 rings (SSSR count). The topological polar surface area (TPSA) is 33.0 Å². The minimum Gasteiger partial charge on any atom is -0.486 e. The Morgan fingerprint density at radius 3 is 2.35 bits per heavy atom. The van der Waals surface area contributed by atoms with Gasteiger partial charge in [-0.25, -0.2) is 4.39 Å². The fraction of sp³-hybridized carbons (Fsp3) is 0.0714. The van der Waals surface area contributed by atoms with Crippen LogP contribution < -0.4 is 4.74 Å². The Morgan fingerprint density at radius 1 is 1.10 bits per heavy atom. The molecule has 0 spiro atoms. The van der Waals surface area contributed by atoms with Crippen molar-refractivity contribution in [1.82, 2.24) is 0 Å². The Hall–Kier alpha value is -1.47. The number of rotatable bonds is 3. The Kier molecular flexibility index (Phi) is 4.72. The van der Waals surface area contributed by atoms with Crippen molar-refractivity contribution in [2.45, 2.75) is 6.61 Å². The van der Waals surface area contributed by atoms with E-state index < -0.39 is 5.82 Å². The van der Waals surface area contributed by atoms with Gasteiger partial charge in [0.15, 0.2) is 5.75 Å².